The lowest BCUT2D eigenvalue weighted by atomic mass is 10.1. The fourth-order valence-corrected chi connectivity index (χ4v) is 1.78. The minimum Gasteiger partial charge on any atom is -0.382 e. The number of hydrogen-bond donors (Lipinski definition) is 3. The highest BCUT2D eigenvalue weighted by Gasteiger charge is 2.05. The highest BCUT2D eigenvalue weighted by atomic mass is 35.5. The fourth-order valence-electron chi connectivity index (χ4n) is 1.62. The van der Waals surface area contributed by atoms with Gasteiger partial charge in [0.2, 0.25) is 0 Å². The first kappa shape index (κ1) is 12.6. The van der Waals surface area contributed by atoms with Crippen molar-refractivity contribution in [1.82, 2.24) is 20.2 Å². The molecule has 18 heavy (non-hydrogen) atoms. The zero-order chi connectivity index (χ0) is 13.0. The quantitative estimate of drug-likeness (QED) is 0.718. The number of anilines is 2. The molecule has 0 aliphatic carbocycles. The molecule has 4 N–H and O–H groups in total. The van der Waals surface area contributed by atoms with Gasteiger partial charge in [-0.15, -0.1) is 0 Å². The molecule has 0 fully saturated rings. The lowest BCUT2D eigenvalue weighted by Crippen LogP contribution is -2.07. The summed E-state index contributed by atoms with van der Waals surface area (Å²) in [5.41, 5.74) is 7.92. The maximum Gasteiger partial charge on any atom is 0.150 e. The van der Waals surface area contributed by atoms with Crippen molar-refractivity contribution in [1.29, 1.82) is 0 Å². The summed E-state index contributed by atoms with van der Waals surface area (Å²) in [6, 6.07) is 0. The molecule has 7 heteroatoms. The third kappa shape index (κ3) is 2.89. The summed E-state index contributed by atoms with van der Waals surface area (Å²) in [6.07, 6.45) is 5.16. The number of rotatable bonds is 5. The number of aromatic nitrogens is 4. The number of hydrogen-bond acceptors (Lipinski definition) is 5. The fraction of sp³-hybridized carbons (Fsp3) is 0.364. The predicted molar refractivity (Wildman–Crippen MR) is 71.6 cm³/mol. The Balaban J connectivity index is 1.82. The molecule has 0 bridgehead atoms. The Hall–Kier alpha value is -1.82. The molecule has 6 nitrogen and oxygen atoms in total. The summed E-state index contributed by atoms with van der Waals surface area (Å²) in [6.45, 7) is 2.78. The van der Waals surface area contributed by atoms with Crippen molar-refractivity contribution in [2.75, 3.05) is 17.6 Å². The van der Waals surface area contributed by atoms with Crippen molar-refractivity contribution >= 4 is 23.2 Å². The predicted octanol–water partition coefficient (Wildman–Crippen LogP) is 1.79. The van der Waals surface area contributed by atoms with Gasteiger partial charge in [-0.3, -0.25) is 5.10 Å². The SMILES string of the molecule is Cc1[nH]ncc1CCCNc1ncnc(N)c1Cl. The Bertz CT molecular complexity index is 524. The van der Waals surface area contributed by atoms with E-state index in [2.05, 4.69) is 25.5 Å². The Morgan fingerprint density at radius 2 is 2.28 bits per heavy atom. The zero-order valence-electron chi connectivity index (χ0n) is 10.1. The summed E-state index contributed by atoms with van der Waals surface area (Å²) in [5.74, 6) is 0.868. The third-order valence-electron chi connectivity index (χ3n) is 2.67. The number of nitrogens with one attached hydrogen (secondary N) is 2. The van der Waals surface area contributed by atoms with Gasteiger partial charge in [0.25, 0.3) is 0 Å². The molecule has 0 saturated heterocycles. The Morgan fingerprint density at radius 1 is 1.44 bits per heavy atom. The van der Waals surface area contributed by atoms with Gasteiger partial charge in [-0.1, -0.05) is 11.6 Å². The van der Waals surface area contributed by atoms with Crippen LogP contribution < -0.4 is 11.1 Å². The van der Waals surface area contributed by atoms with E-state index in [9.17, 15) is 0 Å². The lowest BCUT2D eigenvalue weighted by molar-refractivity contribution is 0.853. The standard InChI is InChI=1S/C11H15ClN6/c1-7-8(5-17-18-7)3-2-4-14-11-9(12)10(13)15-6-16-11/h5-6H,2-4H2,1H3,(H,17,18)(H3,13,14,15,16). The molecule has 2 heterocycles. The summed E-state index contributed by atoms with van der Waals surface area (Å²) >= 11 is 5.97. The van der Waals surface area contributed by atoms with Crippen LogP contribution in [0.5, 0.6) is 0 Å². The molecule has 0 unspecified atom stereocenters. The molecule has 2 aromatic rings. The van der Waals surface area contributed by atoms with E-state index in [1.807, 2.05) is 13.1 Å². The van der Waals surface area contributed by atoms with E-state index in [1.165, 1.54) is 11.9 Å². The van der Waals surface area contributed by atoms with Gasteiger partial charge in [-0.05, 0) is 25.3 Å². The molecule has 2 aromatic heterocycles. The molecule has 0 saturated carbocycles. The first-order valence-corrected chi connectivity index (χ1v) is 6.05. The summed E-state index contributed by atoms with van der Waals surface area (Å²) in [4.78, 5) is 7.84. The normalized spacial score (nSPS) is 10.6. The monoisotopic (exact) mass is 266 g/mol. The molecular formula is C11H15ClN6. The lowest BCUT2D eigenvalue weighted by Gasteiger charge is -2.07. The molecule has 2 rings (SSSR count). The minimum atomic E-state index is 0.292. The van der Waals surface area contributed by atoms with E-state index in [0.29, 0.717) is 16.7 Å². The number of nitrogens with zero attached hydrogens (tertiary/aromatic N) is 3. The summed E-state index contributed by atoms with van der Waals surface area (Å²) < 4.78 is 0. The Kier molecular flexibility index (Phi) is 3.99. The molecule has 0 aliphatic heterocycles. The van der Waals surface area contributed by atoms with Crippen LogP contribution >= 0.6 is 11.6 Å². The number of nitrogens with two attached hydrogens (primary N) is 1. The van der Waals surface area contributed by atoms with Gasteiger partial charge < -0.3 is 11.1 Å². The molecular weight excluding hydrogens is 252 g/mol. The summed E-state index contributed by atoms with van der Waals surface area (Å²) in [7, 11) is 0. The molecule has 0 atom stereocenters. The second kappa shape index (κ2) is 5.68. The van der Waals surface area contributed by atoms with E-state index in [0.717, 1.165) is 25.1 Å². The van der Waals surface area contributed by atoms with E-state index < -0.39 is 0 Å². The number of nitrogen functional groups attached to an aromatic ring is 1. The maximum absolute atomic E-state index is 5.97. The van der Waals surface area contributed by atoms with Gasteiger partial charge in [0.15, 0.2) is 0 Å². The van der Waals surface area contributed by atoms with Crippen molar-refractivity contribution in [2.24, 2.45) is 0 Å². The summed E-state index contributed by atoms with van der Waals surface area (Å²) in [5, 5.41) is 10.4. The number of aryl methyl sites for hydroxylation is 2. The van der Waals surface area contributed by atoms with Crippen molar-refractivity contribution in [2.45, 2.75) is 19.8 Å². The van der Waals surface area contributed by atoms with Crippen LogP contribution in [-0.2, 0) is 6.42 Å². The van der Waals surface area contributed by atoms with Crippen LogP contribution in [0.2, 0.25) is 5.02 Å². The van der Waals surface area contributed by atoms with Gasteiger partial charge in [0.05, 0.1) is 6.20 Å². The first-order valence-electron chi connectivity index (χ1n) is 5.67. The molecule has 0 radical (unpaired) electrons. The average molecular weight is 267 g/mol. The van der Waals surface area contributed by atoms with Gasteiger partial charge in [-0.25, -0.2) is 9.97 Å². The Labute approximate surface area is 110 Å². The van der Waals surface area contributed by atoms with Crippen LogP contribution in [0.25, 0.3) is 0 Å². The molecule has 0 spiro atoms. The van der Waals surface area contributed by atoms with Crippen molar-refractivity contribution in [3.63, 3.8) is 0 Å². The van der Waals surface area contributed by atoms with Crippen LogP contribution in [0.1, 0.15) is 17.7 Å². The molecule has 0 amide bonds. The second-order valence-corrected chi connectivity index (χ2v) is 4.35. The average Bonchev–Trinajstić information content (AvgIpc) is 2.76. The van der Waals surface area contributed by atoms with Gasteiger partial charge in [-0.2, -0.15) is 5.10 Å². The van der Waals surface area contributed by atoms with Gasteiger partial charge >= 0.3 is 0 Å². The van der Waals surface area contributed by atoms with E-state index in [4.69, 9.17) is 17.3 Å². The van der Waals surface area contributed by atoms with Crippen LogP contribution in [0.4, 0.5) is 11.6 Å². The molecule has 96 valence electrons. The van der Waals surface area contributed by atoms with Crippen LogP contribution in [0.15, 0.2) is 12.5 Å². The van der Waals surface area contributed by atoms with E-state index in [-0.39, 0.29) is 0 Å². The highest BCUT2D eigenvalue weighted by molar-refractivity contribution is 6.35. The van der Waals surface area contributed by atoms with Crippen LogP contribution in [0, 0.1) is 6.92 Å². The number of aromatic amines is 1. The Morgan fingerprint density at radius 3 is 3.00 bits per heavy atom. The van der Waals surface area contributed by atoms with E-state index in [1.54, 1.807) is 0 Å². The van der Waals surface area contributed by atoms with Gasteiger partial charge in [0, 0.05) is 12.2 Å². The van der Waals surface area contributed by atoms with Crippen molar-refractivity contribution in [3.05, 3.63) is 28.8 Å². The molecule has 0 aliphatic rings. The largest absolute Gasteiger partial charge is 0.382 e. The van der Waals surface area contributed by atoms with Crippen molar-refractivity contribution in [3.8, 4) is 0 Å². The first-order chi connectivity index (χ1) is 8.68. The number of halogens is 1. The number of H-pyrrole nitrogens is 1. The zero-order valence-corrected chi connectivity index (χ0v) is 10.8. The highest BCUT2D eigenvalue weighted by Crippen LogP contribution is 2.22. The third-order valence-corrected chi connectivity index (χ3v) is 3.04. The second-order valence-electron chi connectivity index (χ2n) is 3.97. The smallest absolute Gasteiger partial charge is 0.150 e. The minimum absolute atomic E-state index is 0.292. The maximum atomic E-state index is 5.97. The molecule has 0 aromatic carbocycles. The van der Waals surface area contributed by atoms with E-state index >= 15 is 0 Å². The van der Waals surface area contributed by atoms with Crippen LogP contribution in [-0.4, -0.2) is 26.7 Å². The van der Waals surface area contributed by atoms with Crippen molar-refractivity contribution < 1.29 is 0 Å². The topological polar surface area (TPSA) is 92.5 Å². The van der Waals surface area contributed by atoms with Gasteiger partial charge in [0.1, 0.15) is 23.0 Å². The van der Waals surface area contributed by atoms with Crippen LogP contribution in [0.3, 0.4) is 0 Å².